The maximum Gasteiger partial charge on any atom is 0.315 e. The average molecular weight is 409 g/mol. The number of nitrogens with zero attached hydrogens (tertiary/aromatic N) is 2. The molecular weight excluding hydrogens is 376 g/mol. The van der Waals surface area contributed by atoms with Crippen LogP contribution in [0.4, 0.5) is 4.79 Å². The van der Waals surface area contributed by atoms with Crippen LogP contribution in [0.15, 0.2) is 30.3 Å². The molecule has 0 saturated carbocycles. The van der Waals surface area contributed by atoms with Gasteiger partial charge < -0.3 is 20.4 Å². The van der Waals surface area contributed by atoms with E-state index in [-0.39, 0.29) is 29.6 Å². The largest absolute Gasteiger partial charge is 0.334 e. The summed E-state index contributed by atoms with van der Waals surface area (Å²) in [6.07, 6.45) is 2.74. The molecular formula is C20H32N4O3S. The highest BCUT2D eigenvalue weighted by Gasteiger charge is 2.30. The van der Waals surface area contributed by atoms with Gasteiger partial charge in [0.15, 0.2) is 9.84 Å². The first-order chi connectivity index (χ1) is 13.3. The molecule has 0 unspecified atom stereocenters. The van der Waals surface area contributed by atoms with Crippen LogP contribution in [0.5, 0.6) is 0 Å². The first-order valence-electron chi connectivity index (χ1n) is 10.0. The average Bonchev–Trinajstić information content (AvgIpc) is 3.00. The Morgan fingerprint density at radius 2 is 1.89 bits per heavy atom. The van der Waals surface area contributed by atoms with Gasteiger partial charge in [0.25, 0.3) is 0 Å². The van der Waals surface area contributed by atoms with Crippen LogP contribution in [0.3, 0.4) is 0 Å². The highest BCUT2D eigenvalue weighted by molar-refractivity contribution is 7.91. The molecule has 8 heteroatoms. The van der Waals surface area contributed by atoms with Gasteiger partial charge in [0.2, 0.25) is 0 Å². The minimum Gasteiger partial charge on any atom is -0.334 e. The molecule has 0 aliphatic carbocycles. The third kappa shape index (κ3) is 5.93. The van der Waals surface area contributed by atoms with Crippen molar-refractivity contribution in [2.45, 2.75) is 37.4 Å². The molecule has 1 aromatic carbocycles. The Bertz CT molecular complexity index is 748. The summed E-state index contributed by atoms with van der Waals surface area (Å²) in [5.74, 6) is 0.185. The SMILES string of the molecule is CN1CCC(N(C)C[C@H](NC(=O)N[C@H]2CCS(=O)(=O)C2)c2ccccc2)CC1. The molecule has 28 heavy (non-hydrogen) atoms. The van der Waals surface area contributed by atoms with E-state index in [0.717, 1.165) is 38.0 Å². The lowest BCUT2D eigenvalue weighted by Gasteiger charge is -2.37. The van der Waals surface area contributed by atoms with Crippen molar-refractivity contribution in [2.24, 2.45) is 0 Å². The summed E-state index contributed by atoms with van der Waals surface area (Å²) < 4.78 is 23.3. The molecule has 2 atom stereocenters. The zero-order valence-electron chi connectivity index (χ0n) is 16.8. The fourth-order valence-electron chi connectivity index (χ4n) is 4.09. The monoisotopic (exact) mass is 408 g/mol. The smallest absolute Gasteiger partial charge is 0.315 e. The lowest BCUT2D eigenvalue weighted by molar-refractivity contribution is 0.134. The van der Waals surface area contributed by atoms with Crippen LogP contribution in [0, 0.1) is 0 Å². The maximum absolute atomic E-state index is 12.6. The zero-order chi connectivity index (χ0) is 20.1. The summed E-state index contributed by atoms with van der Waals surface area (Å²) in [7, 11) is 1.26. The fourth-order valence-corrected chi connectivity index (χ4v) is 5.76. The maximum atomic E-state index is 12.6. The van der Waals surface area contributed by atoms with Gasteiger partial charge in [-0.2, -0.15) is 0 Å². The van der Waals surface area contributed by atoms with Crippen LogP contribution in [-0.4, -0.2) is 81.6 Å². The van der Waals surface area contributed by atoms with Gasteiger partial charge in [0, 0.05) is 18.6 Å². The normalized spacial score (nSPS) is 24.2. The third-order valence-electron chi connectivity index (χ3n) is 5.86. The number of likely N-dealkylation sites (N-methyl/N-ethyl adjacent to an activating group) is 1. The van der Waals surface area contributed by atoms with Gasteiger partial charge in [0.1, 0.15) is 0 Å². The molecule has 7 nitrogen and oxygen atoms in total. The topological polar surface area (TPSA) is 81.8 Å². The molecule has 0 spiro atoms. The standard InChI is InChI=1S/C20H32N4O3S/c1-23-11-8-18(9-12-23)24(2)14-19(16-6-4-3-5-7-16)22-20(25)21-17-10-13-28(26,27)15-17/h3-7,17-19H,8-15H2,1-2H3,(H2,21,22,25)/t17-,19-/m0/s1. The summed E-state index contributed by atoms with van der Waals surface area (Å²) in [5, 5.41) is 5.91. The number of hydrogen-bond donors (Lipinski definition) is 2. The van der Waals surface area contributed by atoms with Gasteiger partial charge in [-0.05, 0) is 52.0 Å². The molecule has 2 fully saturated rings. The predicted molar refractivity (Wildman–Crippen MR) is 111 cm³/mol. The molecule has 2 amide bonds. The number of piperidine rings is 1. The molecule has 2 N–H and O–H groups in total. The molecule has 3 rings (SSSR count). The number of rotatable bonds is 6. The molecule has 2 heterocycles. The van der Waals surface area contributed by atoms with Crippen LogP contribution in [0.1, 0.15) is 30.9 Å². The van der Waals surface area contributed by atoms with Crippen molar-refractivity contribution in [3.05, 3.63) is 35.9 Å². The highest BCUT2D eigenvalue weighted by atomic mass is 32.2. The van der Waals surface area contributed by atoms with Gasteiger partial charge in [0.05, 0.1) is 17.5 Å². The van der Waals surface area contributed by atoms with Gasteiger partial charge in [-0.25, -0.2) is 13.2 Å². The number of sulfone groups is 1. The number of carbonyl (C=O) groups is 1. The van der Waals surface area contributed by atoms with Crippen molar-refractivity contribution in [2.75, 3.05) is 45.2 Å². The molecule has 2 aliphatic rings. The van der Waals surface area contributed by atoms with Crippen LogP contribution in [0.2, 0.25) is 0 Å². The van der Waals surface area contributed by atoms with Crippen LogP contribution in [0.25, 0.3) is 0 Å². The Kier molecular flexibility index (Phi) is 6.95. The molecule has 0 radical (unpaired) electrons. The summed E-state index contributed by atoms with van der Waals surface area (Å²) in [6.45, 7) is 2.90. The number of hydrogen-bond acceptors (Lipinski definition) is 5. The second-order valence-electron chi connectivity index (χ2n) is 8.16. The summed E-state index contributed by atoms with van der Waals surface area (Å²) in [6, 6.07) is 9.71. The molecule has 0 bridgehead atoms. The third-order valence-corrected chi connectivity index (χ3v) is 7.62. The van der Waals surface area contributed by atoms with E-state index in [0.29, 0.717) is 12.5 Å². The quantitative estimate of drug-likeness (QED) is 0.740. The lowest BCUT2D eigenvalue weighted by atomic mass is 10.0. The number of urea groups is 1. The fraction of sp³-hybridized carbons (Fsp3) is 0.650. The van der Waals surface area contributed by atoms with Crippen molar-refractivity contribution < 1.29 is 13.2 Å². The van der Waals surface area contributed by atoms with E-state index in [2.05, 4.69) is 34.5 Å². The predicted octanol–water partition coefficient (Wildman–Crippen LogP) is 1.24. The molecule has 156 valence electrons. The van der Waals surface area contributed by atoms with E-state index in [1.165, 1.54) is 0 Å². The van der Waals surface area contributed by atoms with E-state index < -0.39 is 9.84 Å². The van der Waals surface area contributed by atoms with E-state index >= 15 is 0 Å². The van der Waals surface area contributed by atoms with Gasteiger partial charge in [-0.3, -0.25) is 0 Å². The first-order valence-corrected chi connectivity index (χ1v) is 11.9. The van der Waals surface area contributed by atoms with Crippen molar-refractivity contribution in [1.82, 2.24) is 20.4 Å². The van der Waals surface area contributed by atoms with Crippen LogP contribution in [-0.2, 0) is 9.84 Å². The van der Waals surface area contributed by atoms with E-state index in [4.69, 9.17) is 0 Å². The van der Waals surface area contributed by atoms with Crippen molar-refractivity contribution in [3.63, 3.8) is 0 Å². The Hall–Kier alpha value is -1.64. The van der Waals surface area contributed by atoms with Gasteiger partial charge >= 0.3 is 6.03 Å². The van der Waals surface area contributed by atoms with Crippen molar-refractivity contribution >= 4 is 15.9 Å². The number of nitrogens with one attached hydrogen (secondary N) is 2. The van der Waals surface area contributed by atoms with Gasteiger partial charge in [-0.1, -0.05) is 30.3 Å². The molecule has 2 aliphatic heterocycles. The summed E-state index contributed by atoms with van der Waals surface area (Å²) in [5.41, 5.74) is 1.05. The summed E-state index contributed by atoms with van der Waals surface area (Å²) >= 11 is 0. The number of amides is 2. The first kappa shape index (κ1) is 21.1. The van der Waals surface area contributed by atoms with E-state index in [1.807, 2.05) is 30.3 Å². The molecule has 1 aromatic rings. The Balaban J connectivity index is 1.61. The summed E-state index contributed by atoms with van der Waals surface area (Å²) in [4.78, 5) is 17.2. The van der Waals surface area contributed by atoms with Crippen LogP contribution < -0.4 is 10.6 Å². The Morgan fingerprint density at radius 1 is 1.21 bits per heavy atom. The van der Waals surface area contributed by atoms with E-state index in [9.17, 15) is 13.2 Å². The molecule has 0 aromatic heterocycles. The van der Waals surface area contributed by atoms with Crippen molar-refractivity contribution in [1.29, 1.82) is 0 Å². The number of benzene rings is 1. The van der Waals surface area contributed by atoms with Gasteiger partial charge in [-0.15, -0.1) is 0 Å². The Morgan fingerprint density at radius 3 is 2.50 bits per heavy atom. The highest BCUT2D eigenvalue weighted by Crippen LogP contribution is 2.20. The minimum atomic E-state index is -3.01. The number of likely N-dealkylation sites (tertiary alicyclic amines) is 1. The Labute approximate surface area is 168 Å². The molecule has 2 saturated heterocycles. The zero-order valence-corrected chi connectivity index (χ0v) is 17.6. The number of carbonyl (C=O) groups excluding carboxylic acids is 1. The minimum absolute atomic E-state index is 0.0336. The lowest BCUT2D eigenvalue weighted by Crippen LogP contribution is -2.48. The van der Waals surface area contributed by atoms with Crippen LogP contribution >= 0.6 is 0 Å². The second-order valence-corrected chi connectivity index (χ2v) is 10.4. The second kappa shape index (κ2) is 9.24. The van der Waals surface area contributed by atoms with E-state index in [1.54, 1.807) is 0 Å². The van der Waals surface area contributed by atoms with Crippen molar-refractivity contribution in [3.8, 4) is 0 Å².